The van der Waals surface area contributed by atoms with Gasteiger partial charge in [-0.25, -0.2) is 9.18 Å². The number of halogens is 1. The first-order valence-corrected chi connectivity index (χ1v) is 7.60. The monoisotopic (exact) mass is 352 g/mol. The van der Waals surface area contributed by atoms with Gasteiger partial charge in [0, 0.05) is 21.4 Å². The van der Waals surface area contributed by atoms with Crippen LogP contribution in [0, 0.1) is 5.82 Å². The zero-order valence-corrected chi connectivity index (χ0v) is 13.7. The molecular weight excluding hydrogens is 339 g/mol. The Morgan fingerprint density at radius 2 is 2.00 bits per heavy atom. The molecule has 0 aliphatic rings. The van der Waals surface area contributed by atoms with Crippen molar-refractivity contribution in [3.05, 3.63) is 80.2 Å². The van der Waals surface area contributed by atoms with Gasteiger partial charge in [0.05, 0.1) is 19.2 Å². The van der Waals surface area contributed by atoms with Crippen LogP contribution in [-0.2, 0) is 11.3 Å². The fourth-order valence-electron chi connectivity index (χ4n) is 2.79. The average molecular weight is 352 g/mol. The van der Waals surface area contributed by atoms with Gasteiger partial charge >= 0.3 is 5.97 Å². The van der Waals surface area contributed by atoms with Crippen molar-refractivity contribution in [2.45, 2.75) is 6.54 Å². The smallest absolute Gasteiger partial charge is 0.354 e. The number of aromatic nitrogens is 1. The van der Waals surface area contributed by atoms with Crippen LogP contribution in [0.2, 0.25) is 0 Å². The van der Waals surface area contributed by atoms with Crippen LogP contribution in [0.1, 0.15) is 16.1 Å². The molecule has 2 aromatic carbocycles. The van der Waals surface area contributed by atoms with Crippen LogP contribution in [0.25, 0.3) is 32.5 Å². The van der Waals surface area contributed by atoms with E-state index in [0.717, 1.165) is 7.11 Å². The van der Waals surface area contributed by atoms with Crippen LogP contribution in [-0.4, -0.2) is 18.1 Å². The number of esters is 1. The topological polar surface area (TPSA) is 108 Å². The van der Waals surface area contributed by atoms with Crippen molar-refractivity contribution in [2.24, 2.45) is 5.11 Å². The summed E-state index contributed by atoms with van der Waals surface area (Å²) in [4.78, 5) is 30.4. The van der Waals surface area contributed by atoms with Crippen molar-refractivity contribution in [3.8, 4) is 11.1 Å². The quantitative estimate of drug-likeness (QED) is 0.332. The summed E-state index contributed by atoms with van der Waals surface area (Å²) >= 11 is 0. The molecule has 3 aromatic rings. The van der Waals surface area contributed by atoms with Crippen molar-refractivity contribution in [3.63, 3.8) is 0 Å². The predicted octanol–water partition coefficient (Wildman–Crippen LogP) is 3.93. The highest BCUT2D eigenvalue weighted by Crippen LogP contribution is 2.29. The van der Waals surface area contributed by atoms with E-state index in [1.54, 1.807) is 30.3 Å². The Balaban J connectivity index is 2.43. The van der Waals surface area contributed by atoms with E-state index in [1.807, 2.05) is 0 Å². The molecule has 0 spiro atoms. The molecular formula is C18H13FN4O3. The molecule has 130 valence electrons. The van der Waals surface area contributed by atoms with Crippen molar-refractivity contribution < 1.29 is 13.9 Å². The van der Waals surface area contributed by atoms with Gasteiger partial charge in [-0.15, -0.1) is 0 Å². The summed E-state index contributed by atoms with van der Waals surface area (Å²) in [5.74, 6) is -1.35. The number of fused-ring (bicyclic) bond motifs is 1. The number of rotatable bonds is 4. The molecule has 0 aliphatic heterocycles. The van der Waals surface area contributed by atoms with E-state index < -0.39 is 17.2 Å². The summed E-state index contributed by atoms with van der Waals surface area (Å²) in [6, 6.07) is 11.2. The molecule has 7 nitrogen and oxygen atoms in total. The van der Waals surface area contributed by atoms with Gasteiger partial charge in [-0.2, -0.15) is 0 Å². The number of carbonyl (C=O) groups excluding carboxylic acids is 1. The third-order valence-corrected chi connectivity index (χ3v) is 3.97. The molecule has 1 aromatic heterocycles. The number of benzene rings is 2. The van der Waals surface area contributed by atoms with Gasteiger partial charge < -0.3 is 9.72 Å². The van der Waals surface area contributed by atoms with Gasteiger partial charge in [0.25, 0.3) is 0 Å². The fourth-order valence-corrected chi connectivity index (χ4v) is 2.79. The Bertz CT molecular complexity index is 1100. The number of nitrogens with one attached hydrogen (secondary N) is 1. The molecule has 0 radical (unpaired) electrons. The SMILES string of the molecule is COC(=O)c1[nH]c2c(-c3ccccc3)c(F)ccc2c(=O)c1CN=[N+]=[N-]. The number of ether oxygens (including phenoxy) is 1. The van der Waals surface area contributed by atoms with E-state index in [2.05, 4.69) is 15.0 Å². The van der Waals surface area contributed by atoms with E-state index in [9.17, 15) is 14.0 Å². The Morgan fingerprint density at radius 3 is 2.65 bits per heavy atom. The van der Waals surface area contributed by atoms with Crippen LogP contribution in [0.4, 0.5) is 4.39 Å². The molecule has 0 fully saturated rings. The normalized spacial score (nSPS) is 10.4. The number of nitrogens with zero attached hydrogens (tertiary/aromatic N) is 3. The first-order chi connectivity index (χ1) is 12.6. The molecule has 26 heavy (non-hydrogen) atoms. The zero-order chi connectivity index (χ0) is 18.7. The number of methoxy groups -OCH3 is 1. The Labute approximate surface area is 146 Å². The van der Waals surface area contributed by atoms with E-state index in [-0.39, 0.29) is 34.3 Å². The third kappa shape index (κ3) is 2.89. The summed E-state index contributed by atoms with van der Waals surface area (Å²) in [7, 11) is 1.16. The fraction of sp³-hybridized carbons (Fsp3) is 0.111. The molecule has 0 unspecified atom stereocenters. The van der Waals surface area contributed by atoms with Gasteiger partial charge in [0.1, 0.15) is 11.5 Å². The number of hydrogen-bond acceptors (Lipinski definition) is 4. The van der Waals surface area contributed by atoms with Gasteiger partial charge in [-0.3, -0.25) is 4.79 Å². The summed E-state index contributed by atoms with van der Waals surface area (Å²) in [5, 5.41) is 3.55. The highest BCUT2D eigenvalue weighted by atomic mass is 19.1. The molecule has 0 amide bonds. The van der Waals surface area contributed by atoms with Crippen LogP contribution >= 0.6 is 0 Å². The largest absolute Gasteiger partial charge is 0.464 e. The van der Waals surface area contributed by atoms with Gasteiger partial charge in [0.2, 0.25) is 0 Å². The number of aromatic amines is 1. The summed E-state index contributed by atoms with van der Waals surface area (Å²) in [5.41, 5.74) is 8.69. The standard InChI is InChI=1S/C18H13FN4O3/c1-26-18(25)16-12(9-21-23-20)17(24)11-7-8-13(19)14(15(11)22-16)10-5-3-2-4-6-10/h2-8H,9H2,1H3,(H,22,24). The summed E-state index contributed by atoms with van der Waals surface area (Å²) in [6.45, 7) is -0.329. The second-order valence-corrected chi connectivity index (χ2v) is 5.40. The second kappa shape index (κ2) is 7.08. The van der Waals surface area contributed by atoms with Crippen molar-refractivity contribution >= 4 is 16.9 Å². The van der Waals surface area contributed by atoms with Crippen molar-refractivity contribution in [2.75, 3.05) is 7.11 Å². The Morgan fingerprint density at radius 1 is 1.27 bits per heavy atom. The lowest BCUT2D eigenvalue weighted by molar-refractivity contribution is 0.0593. The van der Waals surface area contributed by atoms with Crippen molar-refractivity contribution in [1.82, 2.24) is 4.98 Å². The zero-order valence-electron chi connectivity index (χ0n) is 13.7. The molecule has 0 bridgehead atoms. The van der Waals surface area contributed by atoms with E-state index in [0.29, 0.717) is 5.56 Å². The minimum atomic E-state index is -0.810. The predicted molar refractivity (Wildman–Crippen MR) is 94.2 cm³/mol. The number of carbonyl (C=O) groups is 1. The lowest BCUT2D eigenvalue weighted by Gasteiger charge is -2.12. The van der Waals surface area contributed by atoms with Crippen molar-refractivity contribution in [1.29, 1.82) is 0 Å². The molecule has 3 rings (SSSR count). The van der Waals surface area contributed by atoms with Crippen LogP contribution in [0.3, 0.4) is 0 Å². The first kappa shape index (κ1) is 17.2. The molecule has 1 heterocycles. The van der Waals surface area contributed by atoms with Crippen LogP contribution in [0.5, 0.6) is 0 Å². The van der Waals surface area contributed by atoms with Crippen LogP contribution in [0.15, 0.2) is 52.4 Å². The lowest BCUT2D eigenvalue weighted by Crippen LogP contribution is -2.19. The maximum Gasteiger partial charge on any atom is 0.354 e. The molecule has 0 atom stereocenters. The Hall–Kier alpha value is -3.64. The first-order valence-electron chi connectivity index (χ1n) is 7.60. The average Bonchev–Trinajstić information content (AvgIpc) is 2.67. The summed E-state index contributed by atoms with van der Waals surface area (Å²) in [6.07, 6.45) is 0. The maximum absolute atomic E-state index is 14.6. The lowest BCUT2D eigenvalue weighted by atomic mass is 9.99. The highest BCUT2D eigenvalue weighted by molar-refractivity contribution is 5.98. The highest BCUT2D eigenvalue weighted by Gasteiger charge is 2.21. The van der Waals surface area contributed by atoms with Crippen LogP contribution < -0.4 is 5.43 Å². The second-order valence-electron chi connectivity index (χ2n) is 5.40. The minimum absolute atomic E-state index is 0.0345. The molecule has 0 saturated carbocycles. The number of hydrogen-bond donors (Lipinski definition) is 1. The minimum Gasteiger partial charge on any atom is -0.464 e. The number of azide groups is 1. The van der Waals surface area contributed by atoms with E-state index in [1.165, 1.54) is 12.1 Å². The number of H-pyrrole nitrogens is 1. The molecule has 0 saturated heterocycles. The molecule has 8 heteroatoms. The molecule has 0 aliphatic carbocycles. The third-order valence-electron chi connectivity index (χ3n) is 3.97. The maximum atomic E-state index is 14.6. The van der Waals surface area contributed by atoms with E-state index in [4.69, 9.17) is 10.3 Å². The van der Waals surface area contributed by atoms with E-state index >= 15 is 0 Å². The van der Waals surface area contributed by atoms with Gasteiger partial charge in [-0.05, 0) is 23.2 Å². The van der Waals surface area contributed by atoms with Gasteiger partial charge in [-0.1, -0.05) is 35.4 Å². The Kier molecular flexibility index (Phi) is 4.68. The van der Waals surface area contributed by atoms with Gasteiger partial charge in [0.15, 0.2) is 5.43 Å². The summed E-state index contributed by atoms with van der Waals surface area (Å²) < 4.78 is 19.2. The number of pyridine rings is 1. The molecule has 1 N–H and O–H groups in total.